The number of para-hydroxylation sites is 1. The molecule has 1 aromatic carbocycles. The summed E-state index contributed by atoms with van der Waals surface area (Å²) in [6.07, 6.45) is 6.91. The first kappa shape index (κ1) is 18.9. The van der Waals surface area contributed by atoms with Crippen LogP contribution in [0.4, 0.5) is 0 Å². The summed E-state index contributed by atoms with van der Waals surface area (Å²) >= 11 is 0. The van der Waals surface area contributed by atoms with Gasteiger partial charge < -0.3 is 15.0 Å². The van der Waals surface area contributed by atoms with Crippen molar-refractivity contribution >= 4 is 11.8 Å². The molecule has 0 bridgehead atoms. The molecule has 0 spiro atoms. The maximum Gasteiger partial charge on any atom is 0.255 e. The van der Waals surface area contributed by atoms with Crippen LogP contribution in [0.1, 0.15) is 45.5 Å². The quantitative estimate of drug-likeness (QED) is 0.852. The monoisotopic (exact) mass is 367 g/mol. The number of likely N-dealkylation sites (tertiary alicyclic amines) is 1. The lowest BCUT2D eigenvalue weighted by Crippen LogP contribution is -2.35. The number of ether oxygens (including phenoxy) is 1. The van der Waals surface area contributed by atoms with Gasteiger partial charge in [0.25, 0.3) is 11.8 Å². The van der Waals surface area contributed by atoms with E-state index in [2.05, 4.69) is 10.3 Å². The minimum atomic E-state index is -0.231. The largest absolute Gasteiger partial charge is 0.496 e. The average molecular weight is 367 g/mol. The van der Waals surface area contributed by atoms with Crippen LogP contribution in [0.3, 0.4) is 0 Å². The van der Waals surface area contributed by atoms with Crippen molar-refractivity contribution < 1.29 is 14.3 Å². The second-order valence-corrected chi connectivity index (χ2v) is 6.63. The zero-order valence-corrected chi connectivity index (χ0v) is 15.6. The van der Waals surface area contributed by atoms with Crippen molar-refractivity contribution in [3.63, 3.8) is 0 Å². The molecule has 1 saturated heterocycles. The van der Waals surface area contributed by atoms with Crippen LogP contribution in [0.5, 0.6) is 5.75 Å². The molecule has 1 aromatic heterocycles. The van der Waals surface area contributed by atoms with E-state index in [4.69, 9.17) is 4.74 Å². The van der Waals surface area contributed by atoms with Crippen LogP contribution in [-0.2, 0) is 6.42 Å². The molecule has 27 heavy (non-hydrogen) atoms. The van der Waals surface area contributed by atoms with Gasteiger partial charge in [0.1, 0.15) is 5.75 Å². The molecule has 1 aliphatic heterocycles. The first-order valence-corrected chi connectivity index (χ1v) is 9.33. The molecule has 2 heterocycles. The van der Waals surface area contributed by atoms with E-state index in [0.29, 0.717) is 24.1 Å². The lowest BCUT2D eigenvalue weighted by atomic mass is 10.1. The second kappa shape index (κ2) is 9.16. The van der Waals surface area contributed by atoms with Gasteiger partial charge in [-0.3, -0.25) is 14.6 Å². The number of hydrogen-bond donors (Lipinski definition) is 1. The fraction of sp³-hybridized carbons (Fsp3) is 0.381. The minimum absolute atomic E-state index is 0.0501. The van der Waals surface area contributed by atoms with Crippen LogP contribution < -0.4 is 10.1 Å². The Kier molecular flexibility index (Phi) is 6.41. The molecule has 6 nitrogen and oxygen atoms in total. The number of aromatic nitrogens is 1. The SMILES string of the molecule is COc1ccccc1CCNC(=O)c1cncc(C(=O)N2CCCCC2)c1. The predicted octanol–water partition coefficient (Wildman–Crippen LogP) is 2.69. The number of benzene rings is 1. The molecular formula is C21H25N3O3. The highest BCUT2D eigenvalue weighted by atomic mass is 16.5. The van der Waals surface area contributed by atoms with Gasteiger partial charge in [-0.05, 0) is 43.4 Å². The standard InChI is InChI=1S/C21H25N3O3/c1-27-19-8-4-3-7-16(19)9-10-23-20(25)17-13-18(15-22-14-17)21(26)24-11-5-2-6-12-24/h3-4,7-8,13-15H,2,5-6,9-12H2,1H3,(H,23,25). The Balaban J connectivity index is 1.59. The van der Waals surface area contributed by atoms with Gasteiger partial charge >= 0.3 is 0 Å². The van der Waals surface area contributed by atoms with Gasteiger partial charge in [0, 0.05) is 32.0 Å². The van der Waals surface area contributed by atoms with Crippen LogP contribution in [-0.4, -0.2) is 48.4 Å². The van der Waals surface area contributed by atoms with Crippen LogP contribution in [0.25, 0.3) is 0 Å². The molecule has 0 atom stereocenters. The lowest BCUT2D eigenvalue weighted by molar-refractivity contribution is 0.0724. The minimum Gasteiger partial charge on any atom is -0.496 e. The Hall–Kier alpha value is -2.89. The number of piperidine rings is 1. The molecule has 2 amide bonds. The van der Waals surface area contributed by atoms with Crippen molar-refractivity contribution in [2.24, 2.45) is 0 Å². The Morgan fingerprint density at radius 2 is 1.85 bits per heavy atom. The van der Waals surface area contributed by atoms with E-state index in [9.17, 15) is 9.59 Å². The van der Waals surface area contributed by atoms with Crippen molar-refractivity contribution in [3.05, 3.63) is 59.4 Å². The van der Waals surface area contributed by atoms with E-state index in [-0.39, 0.29) is 11.8 Å². The fourth-order valence-electron chi connectivity index (χ4n) is 3.28. The maximum absolute atomic E-state index is 12.6. The van der Waals surface area contributed by atoms with Gasteiger partial charge in [-0.1, -0.05) is 18.2 Å². The number of hydrogen-bond acceptors (Lipinski definition) is 4. The Bertz CT molecular complexity index is 801. The number of carbonyl (C=O) groups is 2. The molecule has 0 saturated carbocycles. The van der Waals surface area contributed by atoms with E-state index >= 15 is 0 Å². The van der Waals surface area contributed by atoms with Crippen molar-refractivity contribution in [2.75, 3.05) is 26.7 Å². The third kappa shape index (κ3) is 4.84. The van der Waals surface area contributed by atoms with E-state index in [0.717, 1.165) is 43.7 Å². The van der Waals surface area contributed by atoms with Crippen LogP contribution >= 0.6 is 0 Å². The number of methoxy groups -OCH3 is 1. The van der Waals surface area contributed by atoms with Crippen molar-refractivity contribution in [1.29, 1.82) is 0 Å². The summed E-state index contributed by atoms with van der Waals surface area (Å²) in [6.45, 7) is 2.02. The third-order valence-electron chi connectivity index (χ3n) is 4.76. The van der Waals surface area contributed by atoms with Gasteiger partial charge in [-0.25, -0.2) is 0 Å². The summed E-state index contributed by atoms with van der Waals surface area (Å²) in [5.41, 5.74) is 1.90. The molecule has 0 aliphatic carbocycles. The lowest BCUT2D eigenvalue weighted by Gasteiger charge is -2.26. The summed E-state index contributed by atoms with van der Waals surface area (Å²) in [7, 11) is 1.63. The topological polar surface area (TPSA) is 71.5 Å². The Morgan fingerprint density at radius 1 is 1.11 bits per heavy atom. The predicted molar refractivity (Wildman–Crippen MR) is 103 cm³/mol. The average Bonchev–Trinajstić information content (AvgIpc) is 2.74. The zero-order valence-electron chi connectivity index (χ0n) is 15.6. The molecule has 3 rings (SSSR count). The first-order chi connectivity index (χ1) is 13.2. The smallest absolute Gasteiger partial charge is 0.255 e. The van der Waals surface area contributed by atoms with Gasteiger partial charge in [0.15, 0.2) is 0 Å². The number of nitrogens with zero attached hydrogens (tertiary/aromatic N) is 2. The molecule has 0 unspecified atom stereocenters. The summed E-state index contributed by atoms with van der Waals surface area (Å²) in [6, 6.07) is 9.36. The highest BCUT2D eigenvalue weighted by Gasteiger charge is 2.19. The molecular weight excluding hydrogens is 342 g/mol. The van der Waals surface area contributed by atoms with Crippen LogP contribution in [0, 0.1) is 0 Å². The first-order valence-electron chi connectivity index (χ1n) is 9.33. The van der Waals surface area contributed by atoms with E-state index in [1.165, 1.54) is 12.4 Å². The maximum atomic E-state index is 12.6. The molecule has 2 aromatic rings. The van der Waals surface area contributed by atoms with E-state index in [1.807, 2.05) is 29.2 Å². The molecule has 1 aliphatic rings. The highest BCUT2D eigenvalue weighted by Crippen LogP contribution is 2.17. The normalized spacial score (nSPS) is 13.9. The fourth-order valence-corrected chi connectivity index (χ4v) is 3.28. The highest BCUT2D eigenvalue weighted by molar-refractivity contribution is 5.99. The molecule has 1 N–H and O–H groups in total. The number of pyridine rings is 1. The van der Waals surface area contributed by atoms with Gasteiger partial charge in [-0.15, -0.1) is 0 Å². The second-order valence-electron chi connectivity index (χ2n) is 6.63. The number of rotatable bonds is 6. The Morgan fingerprint density at radius 3 is 2.63 bits per heavy atom. The number of carbonyl (C=O) groups excluding carboxylic acids is 2. The van der Waals surface area contributed by atoms with Crippen molar-refractivity contribution in [2.45, 2.75) is 25.7 Å². The van der Waals surface area contributed by atoms with Gasteiger partial charge in [-0.2, -0.15) is 0 Å². The van der Waals surface area contributed by atoms with Gasteiger partial charge in [0.05, 0.1) is 18.2 Å². The van der Waals surface area contributed by atoms with Crippen LogP contribution in [0.2, 0.25) is 0 Å². The summed E-state index contributed by atoms with van der Waals surface area (Å²) < 4.78 is 5.32. The van der Waals surface area contributed by atoms with Gasteiger partial charge in [0.2, 0.25) is 0 Å². The summed E-state index contributed by atoms with van der Waals surface area (Å²) in [5.74, 6) is 0.527. The summed E-state index contributed by atoms with van der Waals surface area (Å²) in [5, 5.41) is 2.89. The molecule has 0 radical (unpaired) electrons. The van der Waals surface area contributed by atoms with E-state index in [1.54, 1.807) is 13.2 Å². The molecule has 1 fully saturated rings. The zero-order chi connectivity index (χ0) is 19.1. The van der Waals surface area contributed by atoms with E-state index < -0.39 is 0 Å². The third-order valence-corrected chi connectivity index (χ3v) is 4.76. The number of amides is 2. The number of nitrogens with one attached hydrogen (secondary N) is 1. The molecule has 142 valence electrons. The van der Waals surface area contributed by atoms with Crippen molar-refractivity contribution in [1.82, 2.24) is 15.2 Å². The van der Waals surface area contributed by atoms with Crippen LogP contribution in [0.15, 0.2) is 42.7 Å². The van der Waals surface area contributed by atoms with Crippen molar-refractivity contribution in [3.8, 4) is 5.75 Å². The summed E-state index contributed by atoms with van der Waals surface area (Å²) in [4.78, 5) is 30.9. The Labute approximate surface area is 159 Å². The molecule has 6 heteroatoms.